The quantitative estimate of drug-likeness (QED) is 0.574. The first-order valence-electron chi connectivity index (χ1n) is 7.15. The lowest BCUT2D eigenvalue weighted by molar-refractivity contribution is 0.0495. The summed E-state index contributed by atoms with van der Waals surface area (Å²) in [6, 6.07) is 10.1. The van der Waals surface area contributed by atoms with E-state index in [1.54, 1.807) is 0 Å². The summed E-state index contributed by atoms with van der Waals surface area (Å²) in [5.41, 5.74) is 2.04. The molecule has 1 aliphatic carbocycles. The number of oxime groups is 1. The van der Waals surface area contributed by atoms with Gasteiger partial charge >= 0.3 is 0 Å². The van der Waals surface area contributed by atoms with Gasteiger partial charge < -0.3 is 9.57 Å². The summed E-state index contributed by atoms with van der Waals surface area (Å²) in [6.07, 6.45) is 6.76. The van der Waals surface area contributed by atoms with Crippen molar-refractivity contribution in [2.24, 2.45) is 5.16 Å². The molecule has 0 unspecified atom stereocenters. The van der Waals surface area contributed by atoms with Gasteiger partial charge in [0.05, 0.1) is 18.4 Å². The van der Waals surface area contributed by atoms with E-state index in [9.17, 15) is 0 Å². The van der Waals surface area contributed by atoms with Crippen molar-refractivity contribution in [2.45, 2.75) is 51.7 Å². The Hall–Kier alpha value is -1.35. The zero-order valence-electron chi connectivity index (χ0n) is 11.7. The average Bonchev–Trinajstić information content (AvgIpc) is 2.47. The van der Waals surface area contributed by atoms with Crippen molar-refractivity contribution in [1.82, 2.24) is 0 Å². The minimum atomic E-state index is 0.424. The number of rotatable bonds is 6. The summed E-state index contributed by atoms with van der Waals surface area (Å²) in [4.78, 5) is 5.33. The second-order valence-electron chi connectivity index (χ2n) is 5.16. The Morgan fingerprint density at radius 3 is 2.63 bits per heavy atom. The summed E-state index contributed by atoms with van der Waals surface area (Å²) in [5.74, 6) is 0. The van der Waals surface area contributed by atoms with Crippen LogP contribution in [0.5, 0.6) is 0 Å². The van der Waals surface area contributed by atoms with Gasteiger partial charge in [-0.2, -0.15) is 0 Å². The Balaban J connectivity index is 1.64. The van der Waals surface area contributed by atoms with Crippen molar-refractivity contribution in [2.75, 3.05) is 6.61 Å². The fourth-order valence-electron chi connectivity index (χ4n) is 2.29. The topological polar surface area (TPSA) is 30.8 Å². The minimum Gasteiger partial charge on any atom is -0.391 e. The third-order valence-electron chi connectivity index (χ3n) is 3.37. The van der Waals surface area contributed by atoms with E-state index in [1.165, 1.54) is 32.1 Å². The molecule has 1 aromatic carbocycles. The molecule has 0 spiro atoms. The van der Waals surface area contributed by atoms with Crippen LogP contribution >= 0.6 is 0 Å². The van der Waals surface area contributed by atoms with Gasteiger partial charge in [0.25, 0.3) is 0 Å². The zero-order valence-corrected chi connectivity index (χ0v) is 11.7. The standard InChI is InChI=1S/C16H23NO2/c1-14(12-18-16-10-6-3-7-11-16)17-19-13-15-8-4-2-5-9-15/h2,4-5,8-9,16H,3,6-7,10-13H2,1H3/b17-14+. The highest BCUT2D eigenvalue weighted by atomic mass is 16.6. The highest BCUT2D eigenvalue weighted by Gasteiger charge is 2.13. The van der Waals surface area contributed by atoms with Gasteiger partial charge in [-0.25, -0.2) is 0 Å². The van der Waals surface area contributed by atoms with Crippen LogP contribution in [0, 0.1) is 0 Å². The van der Waals surface area contributed by atoms with Crippen LogP contribution in [0.2, 0.25) is 0 Å². The molecule has 0 saturated heterocycles. The molecule has 0 aromatic heterocycles. The summed E-state index contributed by atoms with van der Waals surface area (Å²) in [6.45, 7) is 3.05. The van der Waals surface area contributed by atoms with E-state index in [1.807, 2.05) is 37.3 Å². The molecule has 1 saturated carbocycles. The van der Waals surface area contributed by atoms with Gasteiger partial charge in [-0.15, -0.1) is 0 Å². The van der Waals surface area contributed by atoms with Crippen LogP contribution in [-0.2, 0) is 16.2 Å². The largest absolute Gasteiger partial charge is 0.391 e. The maximum atomic E-state index is 5.84. The van der Waals surface area contributed by atoms with E-state index >= 15 is 0 Å². The van der Waals surface area contributed by atoms with Gasteiger partial charge in [0.1, 0.15) is 6.61 Å². The number of benzene rings is 1. The second kappa shape index (κ2) is 7.95. The summed E-state index contributed by atoms with van der Waals surface area (Å²) >= 11 is 0. The number of hydrogen-bond donors (Lipinski definition) is 0. The smallest absolute Gasteiger partial charge is 0.142 e. The van der Waals surface area contributed by atoms with Gasteiger partial charge in [0.15, 0.2) is 0 Å². The lowest BCUT2D eigenvalue weighted by atomic mass is 9.98. The molecule has 0 atom stereocenters. The molecule has 1 aliphatic rings. The fraction of sp³-hybridized carbons (Fsp3) is 0.562. The number of hydrogen-bond acceptors (Lipinski definition) is 3. The number of nitrogens with zero attached hydrogens (tertiary/aromatic N) is 1. The van der Waals surface area contributed by atoms with Crippen LogP contribution in [0.3, 0.4) is 0 Å². The molecule has 0 aliphatic heterocycles. The van der Waals surface area contributed by atoms with Crippen molar-refractivity contribution in [1.29, 1.82) is 0 Å². The first-order valence-corrected chi connectivity index (χ1v) is 7.15. The normalized spacial score (nSPS) is 17.4. The molecule has 0 radical (unpaired) electrons. The molecule has 1 aromatic rings. The Morgan fingerprint density at radius 1 is 1.16 bits per heavy atom. The maximum Gasteiger partial charge on any atom is 0.142 e. The zero-order chi connectivity index (χ0) is 13.3. The predicted octanol–water partition coefficient (Wildman–Crippen LogP) is 3.93. The van der Waals surface area contributed by atoms with Gasteiger partial charge in [0, 0.05) is 0 Å². The van der Waals surface area contributed by atoms with Crippen LogP contribution in [0.25, 0.3) is 0 Å². The van der Waals surface area contributed by atoms with Crippen LogP contribution in [-0.4, -0.2) is 18.4 Å². The van der Waals surface area contributed by atoms with E-state index < -0.39 is 0 Å². The molecule has 0 N–H and O–H groups in total. The van der Waals surface area contributed by atoms with E-state index in [0.29, 0.717) is 19.3 Å². The lowest BCUT2D eigenvalue weighted by Gasteiger charge is -2.21. The molecule has 0 heterocycles. The van der Waals surface area contributed by atoms with Gasteiger partial charge in [-0.05, 0) is 25.3 Å². The highest BCUT2D eigenvalue weighted by molar-refractivity contribution is 5.82. The minimum absolute atomic E-state index is 0.424. The SMILES string of the molecule is C/C(COC1CCCCC1)=N\OCc1ccccc1. The molecule has 3 heteroatoms. The van der Waals surface area contributed by atoms with Crippen molar-refractivity contribution in [3.8, 4) is 0 Å². The van der Waals surface area contributed by atoms with Crippen molar-refractivity contribution in [3.05, 3.63) is 35.9 Å². The third kappa shape index (κ3) is 5.43. The highest BCUT2D eigenvalue weighted by Crippen LogP contribution is 2.20. The van der Waals surface area contributed by atoms with Crippen molar-refractivity contribution >= 4 is 5.71 Å². The second-order valence-corrected chi connectivity index (χ2v) is 5.16. The molecular weight excluding hydrogens is 238 g/mol. The molecule has 0 bridgehead atoms. The van der Waals surface area contributed by atoms with E-state index in [4.69, 9.17) is 9.57 Å². The molecular formula is C16H23NO2. The Bertz CT molecular complexity index is 383. The summed E-state index contributed by atoms with van der Waals surface area (Å²) < 4.78 is 5.84. The van der Waals surface area contributed by atoms with Crippen LogP contribution in [0.4, 0.5) is 0 Å². The summed E-state index contributed by atoms with van der Waals surface area (Å²) in [7, 11) is 0. The first-order chi connectivity index (χ1) is 9.34. The third-order valence-corrected chi connectivity index (χ3v) is 3.37. The first kappa shape index (κ1) is 14.1. The average molecular weight is 261 g/mol. The molecule has 0 amide bonds. The molecule has 3 nitrogen and oxygen atoms in total. The maximum absolute atomic E-state index is 5.84. The van der Waals surface area contributed by atoms with Crippen LogP contribution in [0.1, 0.15) is 44.6 Å². The molecule has 19 heavy (non-hydrogen) atoms. The molecule has 104 valence electrons. The van der Waals surface area contributed by atoms with Crippen molar-refractivity contribution < 1.29 is 9.57 Å². The Kier molecular flexibility index (Phi) is 5.89. The van der Waals surface area contributed by atoms with Gasteiger partial charge in [-0.3, -0.25) is 0 Å². The number of ether oxygens (including phenoxy) is 1. The molecule has 1 fully saturated rings. The van der Waals surface area contributed by atoms with Gasteiger partial charge in [-0.1, -0.05) is 54.8 Å². The monoisotopic (exact) mass is 261 g/mol. The summed E-state index contributed by atoms with van der Waals surface area (Å²) in [5, 5.41) is 4.10. The van der Waals surface area contributed by atoms with Crippen LogP contribution in [0.15, 0.2) is 35.5 Å². The lowest BCUT2D eigenvalue weighted by Crippen LogP contribution is -2.19. The Morgan fingerprint density at radius 2 is 1.89 bits per heavy atom. The fourth-order valence-corrected chi connectivity index (χ4v) is 2.29. The Labute approximate surface area is 115 Å². The molecule has 2 rings (SSSR count). The van der Waals surface area contributed by atoms with Crippen LogP contribution < -0.4 is 0 Å². The van der Waals surface area contributed by atoms with Gasteiger partial charge in [0.2, 0.25) is 0 Å². The van der Waals surface area contributed by atoms with E-state index in [0.717, 1.165) is 11.3 Å². The predicted molar refractivity (Wildman–Crippen MR) is 77.2 cm³/mol. The van der Waals surface area contributed by atoms with Crippen molar-refractivity contribution in [3.63, 3.8) is 0 Å². The van der Waals surface area contributed by atoms with E-state index in [-0.39, 0.29) is 0 Å². The van der Waals surface area contributed by atoms with E-state index in [2.05, 4.69) is 5.16 Å².